The lowest BCUT2D eigenvalue weighted by Gasteiger charge is -2.28. The van der Waals surface area contributed by atoms with E-state index in [2.05, 4.69) is 27.2 Å². The molecule has 5 rings (SSSR count). The van der Waals surface area contributed by atoms with Gasteiger partial charge in [-0.2, -0.15) is 5.10 Å². The summed E-state index contributed by atoms with van der Waals surface area (Å²) >= 11 is 1.29. The fraction of sp³-hybridized carbons (Fsp3) is 0.367. The SMILES string of the molecule is C=CN=C/C(=C\N)c1nn(-c2ccccc2F)c2c1CCc1nc(NC(=O)NC[C@H]3CCCN3C(=O)OC(C)(C)C)sc1-2. The Morgan fingerprint density at radius 2 is 2.09 bits per heavy atom. The molecule has 3 heterocycles. The van der Waals surface area contributed by atoms with Crippen LogP contribution in [-0.4, -0.2) is 62.7 Å². The molecular formula is C30H35FN8O3S. The van der Waals surface area contributed by atoms with Crippen molar-refractivity contribution in [3.8, 4) is 16.3 Å². The van der Waals surface area contributed by atoms with E-state index >= 15 is 4.39 Å². The van der Waals surface area contributed by atoms with E-state index < -0.39 is 17.4 Å². The number of urea groups is 1. The van der Waals surface area contributed by atoms with Crippen LogP contribution in [0.4, 0.5) is 19.1 Å². The van der Waals surface area contributed by atoms with Gasteiger partial charge in [0, 0.05) is 42.8 Å². The number of aliphatic imine (C=N–C) groups is 1. The predicted octanol–water partition coefficient (Wildman–Crippen LogP) is 5.27. The summed E-state index contributed by atoms with van der Waals surface area (Å²) in [4.78, 5) is 36.7. The zero-order chi connectivity index (χ0) is 30.7. The first-order valence-corrected chi connectivity index (χ1v) is 14.9. The fourth-order valence-electron chi connectivity index (χ4n) is 5.23. The zero-order valence-corrected chi connectivity index (χ0v) is 25.2. The lowest BCUT2D eigenvalue weighted by atomic mass is 9.95. The summed E-state index contributed by atoms with van der Waals surface area (Å²) in [5, 5.41) is 10.9. The van der Waals surface area contributed by atoms with Gasteiger partial charge in [-0.3, -0.25) is 10.3 Å². The van der Waals surface area contributed by atoms with Crippen molar-refractivity contribution in [3.63, 3.8) is 0 Å². The number of hydrogen-bond acceptors (Lipinski definition) is 8. The van der Waals surface area contributed by atoms with E-state index in [4.69, 9.17) is 15.6 Å². The number of rotatable bonds is 7. The van der Waals surface area contributed by atoms with Crippen molar-refractivity contribution in [2.24, 2.45) is 10.7 Å². The van der Waals surface area contributed by atoms with Crippen molar-refractivity contribution >= 4 is 40.4 Å². The molecule has 4 N–H and O–H groups in total. The normalized spacial score (nSPS) is 16.6. The quantitative estimate of drug-likeness (QED) is 0.313. The Labute approximate surface area is 253 Å². The Balaban J connectivity index is 1.38. The molecule has 43 heavy (non-hydrogen) atoms. The van der Waals surface area contributed by atoms with E-state index in [0.717, 1.165) is 29.0 Å². The maximum atomic E-state index is 15.0. The van der Waals surface area contributed by atoms with Gasteiger partial charge >= 0.3 is 12.1 Å². The molecule has 1 atom stereocenters. The molecule has 0 saturated carbocycles. The van der Waals surface area contributed by atoms with Gasteiger partial charge in [0.2, 0.25) is 0 Å². The van der Waals surface area contributed by atoms with Crippen LogP contribution in [-0.2, 0) is 17.6 Å². The number of halogens is 1. The van der Waals surface area contributed by atoms with Gasteiger partial charge in [0.15, 0.2) is 5.13 Å². The number of ether oxygens (including phenoxy) is 1. The van der Waals surface area contributed by atoms with Gasteiger partial charge in [0.1, 0.15) is 17.1 Å². The number of nitrogens with two attached hydrogens (primary N) is 1. The average molecular weight is 607 g/mol. The van der Waals surface area contributed by atoms with Crippen LogP contribution in [0.5, 0.6) is 0 Å². The van der Waals surface area contributed by atoms with Crippen LogP contribution in [0.2, 0.25) is 0 Å². The van der Waals surface area contributed by atoms with Crippen LogP contribution in [0.15, 0.2) is 48.2 Å². The Morgan fingerprint density at radius 3 is 2.81 bits per heavy atom. The molecule has 2 aromatic heterocycles. The van der Waals surface area contributed by atoms with Gasteiger partial charge in [-0.15, -0.1) is 0 Å². The molecule has 1 aromatic carbocycles. The molecule has 3 amide bonds. The second-order valence-corrected chi connectivity index (χ2v) is 12.2. The number of fused-ring (bicyclic) bond motifs is 3. The highest BCUT2D eigenvalue weighted by atomic mass is 32.1. The zero-order valence-electron chi connectivity index (χ0n) is 24.4. The van der Waals surface area contributed by atoms with E-state index in [1.165, 1.54) is 29.8 Å². The first-order chi connectivity index (χ1) is 20.6. The molecular weight excluding hydrogens is 571 g/mol. The number of hydrogen-bond donors (Lipinski definition) is 3. The van der Waals surface area contributed by atoms with Crippen molar-refractivity contribution in [1.82, 2.24) is 25.0 Å². The topological polar surface area (TPSA) is 140 Å². The summed E-state index contributed by atoms with van der Waals surface area (Å²) in [6.45, 7) is 9.97. The highest BCUT2D eigenvalue weighted by Gasteiger charge is 2.33. The maximum Gasteiger partial charge on any atom is 0.410 e. The van der Waals surface area contributed by atoms with Gasteiger partial charge in [-0.1, -0.05) is 30.0 Å². The number of likely N-dealkylation sites (tertiary alicyclic amines) is 1. The lowest BCUT2D eigenvalue weighted by molar-refractivity contribution is 0.0228. The van der Waals surface area contributed by atoms with Gasteiger partial charge < -0.3 is 20.7 Å². The van der Waals surface area contributed by atoms with Gasteiger partial charge in [0.05, 0.1) is 28.0 Å². The molecule has 2 aliphatic rings. The van der Waals surface area contributed by atoms with Crippen molar-refractivity contribution in [2.45, 2.75) is 58.1 Å². The molecule has 11 nitrogen and oxygen atoms in total. The Kier molecular flexibility index (Phi) is 8.62. The number of nitrogens with zero attached hydrogens (tertiary/aromatic N) is 5. The number of anilines is 1. The molecule has 1 aliphatic carbocycles. The minimum absolute atomic E-state index is 0.157. The first kappa shape index (κ1) is 30.0. The second-order valence-electron chi connectivity index (χ2n) is 11.2. The monoisotopic (exact) mass is 606 g/mol. The number of para-hydroxylation sites is 1. The third-order valence-corrected chi connectivity index (χ3v) is 8.10. The number of carbonyl (C=O) groups is 2. The molecule has 1 saturated heterocycles. The van der Waals surface area contributed by atoms with Crippen molar-refractivity contribution in [3.05, 3.63) is 66.0 Å². The van der Waals surface area contributed by atoms with Crippen LogP contribution in [0.1, 0.15) is 50.6 Å². The molecule has 3 aromatic rings. The van der Waals surface area contributed by atoms with E-state index in [1.54, 1.807) is 34.0 Å². The number of thiazole rings is 1. The predicted molar refractivity (Wildman–Crippen MR) is 166 cm³/mol. The average Bonchev–Trinajstić information content (AvgIpc) is 3.68. The molecule has 0 unspecified atom stereocenters. The highest BCUT2D eigenvalue weighted by Crippen LogP contribution is 2.43. The second kappa shape index (κ2) is 12.4. The first-order valence-electron chi connectivity index (χ1n) is 14.1. The van der Waals surface area contributed by atoms with Gasteiger partial charge in [-0.05, 0) is 58.6 Å². The van der Waals surface area contributed by atoms with E-state index in [0.29, 0.717) is 41.5 Å². The van der Waals surface area contributed by atoms with Gasteiger partial charge in [0.25, 0.3) is 0 Å². The number of benzene rings is 1. The largest absolute Gasteiger partial charge is 0.444 e. The Bertz CT molecular complexity index is 1600. The number of aryl methyl sites for hydroxylation is 1. The molecule has 0 spiro atoms. The Hall–Kier alpha value is -4.52. The summed E-state index contributed by atoms with van der Waals surface area (Å²) in [5.41, 5.74) is 9.13. The van der Waals surface area contributed by atoms with Crippen LogP contribution >= 0.6 is 11.3 Å². The van der Waals surface area contributed by atoms with Crippen LogP contribution in [0.3, 0.4) is 0 Å². The number of carbonyl (C=O) groups excluding carboxylic acids is 2. The standard InChI is InChI=1S/C30H35FN8O3S/c1-5-33-16-18(15-32)24-20-12-13-22-26(25(20)39(37-24)23-11-7-6-10-21(23)31)43-28(35-22)36-27(40)34-17-19-9-8-14-38(19)29(41)42-30(2,3)4/h5-7,10-11,15-16,19H,1,8-9,12-14,17,32H2,2-4H3,(H2,34,35,36,40)/b18-15+,33-16?/t19-/m1/s1. The highest BCUT2D eigenvalue weighted by molar-refractivity contribution is 7.19. The molecule has 13 heteroatoms. The van der Waals surface area contributed by atoms with Gasteiger partial charge in [-0.25, -0.2) is 23.6 Å². The fourth-order valence-corrected chi connectivity index (χ4v) is 6.29. The third-order valence-electron chi connectivity index (χ3n) is 7.08. The van der Waals surface area contributed by atoms with Crippen molar-refractivity contribution < 1.29 is 18.7 Å². The molecule has 226 valence electrons. The minimum Gasteiger partial charge on any atom is -0.444 e. The molecule has 1 aliphatic heterocycles. The maximum absolute atomic E-state index is 15.0. The minimum atomic E-state index is -0.595. The molecule has 0 radical (unpaired) electrons. The van der Waals surface area contributed by atoms with E-state index in [9.17, 15) is 9.59 Å². The van der Waals surface area contributed by atoms with Crippen molar-refractivity contribution in [1.29, 1.82) is 0 Å². The summed E-state index contributed by atoms with van der Waals surface area (Å²) in [5.74, 6) is -0.431. The van der Waals surface area contributed by atoms with Crippen LogP contribution in [0, 0.1) is 5.82 Å². The van der Waals surface area contributed by atoms with Crippen LogP contribution < -0.4 is 16.4 Å². The van der Waals surface area contributed by atoms with E-state index in [-0.39, 0.29) is 24.4 Å². The third kappa shape index (κ3) is 6.46. The summed E-state index contributed by atoms with van der Waals surface area (Å²) < 4.78 is 22.1. The molecule has 1 fully saturated rings. The number of nitrogens with one attached hydrogen (secondary N) is 2. The van der Waals surface area contributed by atoms with Crippen molar-refractivity contribution in [2.75, 3.05) is 18.4 Å². The summed E-state index contributed by atoms with van der Waals surface area (Å²) in [7, 11) is 0. The Morgan fingerprint density at radius 1 is 1.30 bits per heavy atom. The number of amides is 3. The number of allylic oxidation sites excluding steroid dienone is 1. The lowest BCUT2D eigenvalue weighted by Crippen LogP contribution is -2.45. The van der Waals surface area contributed by atoms with E-state index in [1.807, 2.05) is 20.8 Å². The summed E-state index contributed by atoms with van der Waals surface area (Å²) in [6.07, 6.45) is 6.79. The smallest absolute Gasteiger partial charge is 0.410 e. The molecule has 0 bridgehead atoms. The number of aromatic nitrogens is 3. The summed E-state index contributed by atoms with van der Waals surface area (Å²) in [6, 6.07) is 5.81. The van der Waals surface area contributed by atoms with Crippen LogP contribution in [0.25, 0.3) is 21.8 Å².